The molecule has 0 saturated carbocycles. The van der Waals surface area contributed by atoms with E-state index in [1.807, 2.05) is 12.3 Å². The Hall–Kier alpha value is -5.53. The van der Waals surface area contributed by atoms with Crippen LogP contribution in [0.3, 0.4) is 0 Å². The Balaban J connectivity index is 1.22. The summed E-state index contributed by atoms with van der Waals surface area (Å²) < 4.78 is 0. The van der Waals surface area contributed by atoms with Crippen LogP contribution in [0.1, 0.15) is 66.0 Å². The molecule has 2 unspecified atom stereocenters. The standard InChI is InChI=1S/C47H37N/c1-47(2,3)39-27-37-20-22-40-42(31-15-17-32(18-16-31)44-13-6-7-24-48-44)29-43(41-23-21-38(28-39)45(37)46(40)41)36-12-8-11-34(26-36)35-19-14-30-9-4-5-10-33(30)25-35/h4-29,40,42H,1-3H3. The summed E-state index contributed by atoms with van der Waals surface area (Å²) in [5.74, 6) is 0.455. The number of allylic oxidation sites excluding steroid dienone is 2. The molecule has 48 heavy (non-hydrogen) atoms. The summed E-state index contributed by atoms with van der Waals surface area (Å²) in [6.07, 6.45) is 9.24. The smallest absolute Gasteiger partial charge is 0.0701 e. The maximum Gasteiger partial charge on any atom is 0.0701 e. The van der Waals surface area contributed by atoms with Crippen LogP contribution in [0.15, 0.2) is 152 Å². The van der Waals surface area contributed by atoms with Crippen molar-refractivity contribution < 1.29 is 0 Å². The highest BCUT2D eigenvalue weighted by Gasteiger charge is 2.34. The Bertz CT molecular complexity index is 2420. The zero-order chi connectivity index (χ0) is 32.4. The quantitative estimate of drug-likeness (QED) is 0.192. The lowest BCUT2D eigenvalue weighted by molar-refractivity contribution is 0.591. The molecule has 0 N–H and O–H groups in total. The van der Waals surface area contributed by atoms with Crippen molar-refractivity contribution in [3.63, 3.8) is 0 Å². The number of hydrogen-bond donors (Lipinski definition) is 0. The third-order valence-electron chi connectivity index (χ3n) is 10.4. The number of fused-ring (bicyclic) bond motifs is 1. The minimum absolute atomic E-state index is 0.0808. The first-order valence-corrected chi connectivity index (χ1v) is 17.0. The molecular formula is C47H37N. The molecule has 2 aliphatic rings. The fourth-order valence-corrected chi connectivity index (χ4v) is 7.85. The minimum atomic E-state index is 0.0808. The molecule has 6 aromatic carbocycles. The molecule has 0 spiro atoms. The van der Waals surface area contributed by atoms with Crippen molar-refractivity contribution in [1.29, 1.82) is 0 Å². The highest BCUT2D eigenvalue weighted by Crippen LogP contribution is 2.52. The van der Waals surface area contributed by atoms with Crippen LogP contribution < -0.4 is 0 Å². The van der Waals surface area contributed by atoms with Crippen LogP contribution in [0.25, 0.3) is 55.6 Å². The van der Waals surface area contributed by atoms with Crippen LogP contribution in [0.5, 0.6) is 0 Å². The molecule has 0 amide bonds. The molecule has 0 saturated heterocycles. The monoisotopic (exact) mass is 615 g/mol. The SMILES string of the molecule is CC(C)(C)c1cc2c3c4c(ccc3c1)C(c1cccc(-c3ccc5ccccc5c3)c1)=CC(c1ccc(-c3ccccn3)cc1)C4C=C2. The van der Waals surface area contributed by atoms with Crippen LogP contribution >= 0.6 is 0 Å². The Morgan fingerprint density at radius 3 is 2.12 bits per heavy atom. The van der Waals surface area contributed by atoms with E-state index in [1.54, 1.807) is 0 Å². The first-order chi connectivity index (χ1) is 23.4. The number of nitrogens with zero attached hydrogens (tertiary/aromatic N) is 1. The second-order valence-corrected chi connectivity index (χ2v) is 14.4. The fourth-order valence-electron chi connectivity index (χ4n) is 7.85. The van der Waals surface area contributed by atoms with Crippen molar-refractivity contribution >= 4 is 33.2 Å². The van der Waals surface area contributed by atoms with Gasteiger partial charge in [-0.2, -0.15) is 0 Å². The Labute approximate surface area is 283 Å². The summed E-state index contributed by atoms with van der Waals surface area (Å²) in [6.45, 7) is 6.92. The van der Waals surface area contributed by atoms with Crippen LogP contribution in [0, 0.1) is 0 Å². The summed E-state index contributed by atoms with van der Waals surface area (Å²) in [5.41, 5.74) is 14.1. The highest BCUT2D eigenvalue weighted by atomic mass is 14.7. The van der Waals surface area contributed by atoms with Gasteiger partial charge in [0.05, 0.1) is 5.69 Å². The zero-order valence-corrected chi connectivity index (χ0v) is 27.6. The molecule has 0 fully saturated rings. The third kappa shape index (κ3) is 4.81. The Morgan fingerprint density at radius 2 is 1.31 bits per heavy atom. The molecule has 1 aromatic heterocycles. The van der Waals surface area contributed by atoms with Crippen molar-refractivity contribution in [2.75, 3.05) is 0 Å². The van der Waals surface area contributed by atoms with Crippen molar-refractivity contribution in [2.24, 2.45) is 0 Å². The molecule has 9 rings (SSSR count). The molecule has 0 aliphatic heterocycles. The third-order valence-corrected chi connectivity index (χ3v) is 10.4. The van der Waals surface area contributed by atoms with Gasteiger partial charge in [0.15, 0.2) is 0 Å². The Morgan fingerprint density at radius 1 is 0.562 bits per heavy atom. The normalized spacial score (nSPS) is 16.7. The molecule has 7 aromatic rings. The van der Waals surface area contributed by atoms with Gasteiger partial charge in [0.2, 0.25) is 0 Å². The molecule has 1 heterocycles. The van der Waals surface area contributed by atoms with Gasteiger partial charge in [0.25, 0.3) is 0 Å². The Kier molecular flexibility index (Phi) is 6.59. The summed E-state index contributed by atoms with van der Waals surface area (Å²) in [6, 6.07) is 49.3. The molecule has 0 bridgehead atoms. The van der Waals surface area contributed by atoms with E-state index in [9.17, 15) is 0 Å². The molecule has 2 aliphatic carbocycles. The fraction of sp³-hybridized carbons (Fsp3) is 0.128. The largest absolute Gasteiger partial charge is 0.256 e. The van der Waals surface area contributed by atoms with Crippen LogP contribution in [-0.4, -0.2) is 4.98 Å². The molecule has 1 heteroatoms. The van der Waals surface area contributed by atoms with E-state index in [-0.39, 0.29) is 17.3 Å². The van der Waals surface area contributed by atoms with Gasteiger partial charge in [-0.3, -0.25) is 4.98 Å². The zero-order valence-electron chi connectivity index (χ0n) is 27.6. The van der Waals surface area contributed by atoms with Crippen LogP contribution in [0.4, 0.5) is 0 Å². The number of benzene rings is 6. The van der Waals surface area contributed by atoms with E-state index >= 15 is 0 Å². The lowest BCUT2D eigenvalue weighted by Gasteiger charge is -2.35. The summed E-state index contributed by atoms with van der Waals surface area (Å²) in [4.78, 5) is 4.60. The highest BCUT2D eigenvalue weighted by molar-refractivity contribution is 6.02. The van der Waals surface area contributed by atoms with E-state index < -0.39 is 0 Å². The number of aromatic nitrogens is 1. The molecule has 0 radical (unpaired) electrons. The lowest BCUT2D eigenvalue weighted by atomic mass is 9.68. The van der Waals surface area contributed by atoms with Gasteiger partial charge in [0, 0.05) is 23.6 Å². The minimum Gasteiger partial charge on any atom is -0.256 e. The van der Waals surface area contributed by atoms with Gasteiger partial charge in [-0.1, -0.05) is 148 Å². The predicted octanol–water partition coefficient (Wildman–Crippen LogP) is 12.4. The molecule has 2 atom stereocenters. The van der Waals surface area contributed by atoms with Gasteiger partial charge in [-0.15, -0.1) is 0 Å². The summed E-state index contributed by atoms with van der Waals surface area (Å²) in [5, 5.41) is 5.27. The van der Waals surface area contributed by atoms with Crippen LogP contribution in [0.2, 0.25) is 0 Å². The first-order valence-electron chi connectivity index (χ1n) is 17.0. The maximum atomic E-state index is 4.60. The maximum absolute atomic E-state index is 4.60. The van der Waals surface area contributed by atoms with Gasteiger partial charge in [-0.25, -0.2) is 0 Å². The van der Waals surface area contributed by atoms with E-state index in [0.29, 0.717) is 0 Å². The van der Waals surface area contributed by atoms with Gasteiger partial charge in [-0.05, 0) is 101 Å². The predicted molar refractivity (Wildman–Crippen MR) is 203 cm³/mol. The first kappa shape index (κ1) is 28.7. The second-order valence-electron chi connectivity index (χ2n) is 14.4. The van der Waals surface area contributed by atoms with Gasteiger partial charge in [0.1, 0.15) is 0 Å². The van der Waals surface area contributed by atoms with Crippen molar-refractivity contribution in [2.45, 2.75) is 38.0 Å². The van der Waals surface area contributed by atoms with Crippen LogP contribution in [-0.2, 0) is 5.41 Å². The number of hydrogen-bond acceptors (Lipinski definition) is 1. The van der Waals surface area contributed by atoms with Gasteiger partial charge < -0.3 is 0 Å². The average molecular weight is 616 g/mol. The van der Waals surface area contributed by atoms with Crippen molar-refractivity contribution in [1.82, 2.24) is 4.98 Å². The second kappa shape index (κ2) is 11.0. The van der Waals surface area contributed by atoms with Gasteiger partial charge >= 0.3 is 0 Å². The number of rotatable bonds is 4. The van der Waals surface area contributed by atoms with Crippen molar-refractivity contribution in [3.8, 4) is 22.4 Å². The van der Waals surface area contributed by atoms with E-state index in [4.69, 9.17) is 0 Å². The van der Waals surface area contributed by atoms with E-state index in [0.717, 1.165) is 11.3 Å². The lowest BCUT2D eigenvalue weighted by Crippen LogP contribution is -2.18. The summed E-state index contributed by atoms with van der Waals surface area (Å²) >= 11 is 0. The van der Waals surface area contributed by atoms with E-state index in [1.165, 1.54) is 71.6 Å². The summed E-state index contributed by atoms with van der Waals surface area (Å²) in [7, 11) is 0. The molecule has 1 nitrogen and oxygen atoms in total. The average Bonchev–Trinajstić information content (AvgIpc) is 3.13. The van der Waals surface area contributed by atoms with E-state index in [2.05, 4.69) is 171 Å². The topological polar surface area (TPSA) is 12.9 Å². The van der Waals surface area contributed by atoms with Crippen molar-refractivity contribution in [3.05, 3.63) is 185 Å². The molecular weight excluding hydrogens is 579 g/mol. The molecule has 230 valence electrons. The number of pyridine rings is 1.